The second-order valence-electron chi connectivity index (χ2n) is 5.64. The molecule has 1 heterocycles. The molecule has 6 nitrogen and oxygen atoms in total. The quantitative estimate of drug-likeness (QED) is 0.879. The number of likely N-dealkylation sites (tertiary alicyclic amines) is 1. The van der Waals surface area contributed by atoms with Crippen molar-refractivity contribution in [2.75, 3.05) is 13.6 Å². The first-order chi connectivity index (χ1) is 10.4. The number of rotatable bonds is 5. The summed E-state index contributed by atoms with van der Waals surface area (Å²) in [7, 11) is 1.65. The topological polar surface area (TPSA) is 77.9 Å². The van der Waals surface area contributed by atoms with Gasteiger partial charge in [-0.3, -0.25) is 9.59 Å². The lowest BCUT2D eigenvalue weighted by Crippen LogP contribution is -2.46. The van der Waals surface area contributed by atoms with Gasteiger partial charge >= 0.3 is 5.97 Å². The molecule has 2 unspecified atom stereocenters. The summed E-state index contributed by atoms with van der Waals surface area (Å²) in [4.78, 5) is 38.4. The summed E-state index contributed by atoms with van der Waals surface area (Å²) in [5, 5.41) is 9.25. The highest BCUT2D eigenvalue weighted by molar-refractivity contribution is 5.91. The molecule has 1 fully saturated rings. The van der Waals surface area contributed by atoms with Crippen LogP contribution in [0.2, 0.25) is 0 Å². The number of hydrogen-bond donors (Lipinski definition) is 1. The molecular formula is C16H20N2O4. The molecule has 1 aromatic carbocycles. The highest BCUT2D eigenvalue weighted by Gasteiger charge is 2.37. The van der Waals surface area contributed by atoms with E-state index in [2.05, 4.69) is 0 Å². The predicted molar refractivity (Wildman–Crippen MR) is 79.8 cm³/mol. The van der Waals surface area contributed by atoms with Crippen LogP contribution in [0.3, 0.4) is 0 Å². The number of amides is 2. The Kier molecular flexibility index (Phi) is 4.80. The van der Waals surface area contributed by atoms with Crippen LogP contribution in [-0.4, -0.2) is 52.3 Å². The lowest BCUT2D eigenvalue weighted by atomic mass is 10.0. The smallest absolute Gasteiger partial charge is 0.326 e. The van der Waals surface area contributed by atoms with E-state index in [-0.39, 0.29) is 24.8 Å². The van der Waals surface area contributed by atoms with E-state index in [0.717, 1.165) is 5.56 Å². The molecule has 0 aromatic heterocycles. The zero-order valence-corrected chi connectivity index (χ0v) is 12.7. The Bertz CT molecular complexity index is 573. The van der Waals surface area contributed by atoms with Crippen molar-refractivity contribution in [2.45, 2.75) is 25.9 Å². The SMILES string of the molecule is CC(C(=O)O)N(Cc1ccccc1)C(=O)C1CC(=O)N(C)C1. The van der Waals surface area contributed by atoms with Gasteiger partial charge in [0.15, 0.2) is 0 Å². The molecule has 0 saturated carbocycles. The molecule has 22 heavy (non-hydrogen) atoms. The first kappa shape index (κ1) is 16.0. The molecule has 0 bridgehead atoms. The van der Waals surface area contributed by atoms with Crippen LogP contribution in [0.4, 0.5) is 0 Å². The Hall–Kier alpha value is -2.37. The van der Waals surface area contributed by atoms with Crippen molar-refractivity contribution in [3.8, 4) is 0 Å². The van der Waals surface area contributed by atoms with E-state index in [1.807, 2.05) is 30.3 Å². The number of benzene rings is 1. The summed E-state index contributed by atoms with van der Waals surface area (Å²) in [6, 6.07) is 8.31. The lowest BCUT2D eigenvalue weighted by Gasteiger charge is -2.29. The number of aliphatic carboxylic acids is 1. The van der Waals surface area contributed by atoms with Gasteiger partial charge in [-0.15, -0.1) is 0 Å². The highest BCUT2D eigenvalue weighted by atomic mass is 16.4. The molecule has 0 radical (unpaired) electrons. The first-order valence-corrected chi connectivity index (χ1v) is 7.21. The third-order valence-electron chi connectivity index (χ3n) is 3.99. The van der Waals surface area contributed by atoms with Crippen LogP contribution in [0.1, 0.15) is 18.9 Å². The number of nitrogens with zero attached hydrogens (tertiary/aromatic N) is 2. The molecule has 2 atom stereocenters. The first-order valence-electron chi connectivity index (χ1n) is 7.21. The second-order valence-corrected chi connectivity index (χ2v) is 5.64. The summed E-state index contributed by atoms with van der Waals surface area (Å²) in [6.07, 6.45) is 0.146. The van der Waals surface area contributed by atoms with Crippen LogP contribution in [0.25, 0.3) is 0 Å². The van der Waals surface area contributed by atoms with Crippen molar-refractivity contribution in [3.63, 3.8) is 0 Å². The van der Waals surface area contributed by atoms with Crippen molar-refractivity contribution in [1.29, 1.82) is 0 Å². The van der Waals surface area contributed by atoms with Crippen molar-refractivity contribution in [2.24, 2.45) is 5.92 Å². The summed E-state index contributed by atoms with van der Waals surface area (Å²) in [5.74, 6) is -1.89. The molecule has 2 amide bonds. The molecule has 6 heteroatoms. The molecule has 0 spiro atoms. The van der Waals surface area contributed by atoms with Gasteiger partial charge in [0.25, 0.3) is 0 Å². The van der Waals surface area contributed by atoms with Gasteiger partial charge < -0.3 is 14.9 Å². The largest absolute Gasteiger partial charge is 0.480 e. The van der Waals surface area contributed by atoms with Gasteiger partial charge in [0.2, 0.25) is 11.8 Å². The third kappa shape index (κ3) is 3.44. The van der Waals surface area contributed by atoms with Crippen LogP contribution in [0.15, 0.2) is 30.3 Å². The minimum absolute atomic E-state index is 0.0824. The third-order valence-corrected chi connectivity index (χ3v) is 3.99. The molecule has 1 aliphatic heterocycles. The van der Waals surface area contributed by atoms with Gasteiger partial charge in [-0.2, -0.15) is 0 Å². The van der Waals surface area contributed by atoms with Gasteiger partial charge in [0.05, 0.1) is 5.92 Å². The van der Waals surface area contributed by atoms with Crippen molar-refractivity contribution in [1.82, 2.24) is 9.80 Å². The molecule has 1 saturated heterocycles. The predicted octanol–water partition coefficient (Wildman–Crippen LogP) is 0.967. The number of carboxylic acid groups (broad SMARTS) is 1. The summed E-state index contributed by atoms with van der Waals surface area (Å²) in [5.41, 5.74) is 0.863. The average molecular weight is 304 g/mol. The van der Waals surface area contributed by atoms with Gasteiger partial charge in [0.1, 0.15) is 6.04 Å². The molecule has 2 rings (SSSR count). The van der Waals surface area contributed by atoms with Gasteiger partial charge in [-0.1, -0.05) is 30.3 Å². The van der Waals surface area contributed by atoms with E-state index in [1.54, 1.807) is 7.05 Å². The Morgan fingerprint density at radius 1 is 1.36 bits per heavy atom. The van der Waals surface area contributed by atoms with Crippen LogP contribution in [0.5, 0.6) is 0 Å². The Morgan fingerprint density at radius 2 is 2.00 bits per heavy atom. The van der Waals surface area contributed by atoms with E-state index in [9.17, 15) is 19.5 Å². The Labute approximate surface area is 129 Å². The molecular weight excluding hydrogens is 284 g/mol. The average Bonchev–Trinajstić information content (AvgIpc) is 2.84. The maximum absolute atomic E-state index is 12.7. The Morgan fingerprint density at radius 3 is 2.50 bits per heavy atom. The van der Waals surface area contributed by atoms with E-state index in [4.69, 9.17) is 0 Å². The number of carbonyl (C=O) groups is 3. The molecule has 1 aromatic rings. The monoisotopic (exact) mass is 304 g/mol. The van der Waals surface area contributed by atoms with Crippen LogP contribution in [0, 0.1) is 5.92 Å². The van der Waals surface area contributed by atoms with Crippen LogP contribution in [-0.2, 0) is 20.9 Å². The van der Waals surface area contributed by atoms with E-state index in [0.29, 0.717) is 6.54 Å². The highest BCUT2D eigenvalue weighted by Crippen LogP contribution is 2.21. The minimum Gasteiger partial charge on any atom is -0.480 e. The maximum Gasteiger partial charge on any atom is 0.326 e. The molecule has 0 aliphatic carbocycles. The van der Waals surface area contributed by atoms with Crippen molar-refractivity contribution < 1.29 is 19.5 Å². The maximum atomic E-state index is 12.7. The van der Waals surface area contributed by atoms with Crippen LogP contribution < -0.4 is 0 Å². The van der Waals surface area contributed by atoms with E-state index >= 15 is 0 Å². The zero-order chi connectivity index (χ0) is 16.3. The molecule has 1 aliphatic rings. The summed E-state index contributed by atoms with van der Waals surface area (Å²) in [6.45, 7) is 2.06. The van der Waals surface area contributed by atoms with Crippen molar-refractivity contribution >= 4 is 17.8 Å². The normalized spacial score (nSPS) is 19.1. The Balaban J connectivity index is 2.19. The van der Waals surface area contributed by atoms with E-state index in [1.165, 1.54) is 16.7 Å². The lowest BCUT2D eigenvalue weighted by molar-refractivity contribution is -0.151. The standard InChI is InChI=1S/C16H20N2O4/c1-11(16(21)22)18(9-12-6-4-3-5-7-12)15(20)13-8-14(19)17(2)10-13/h3-7,11,13H,8-10H2,1-2H3,(H,21,22). The fourth-order valence-electron chi connectivity index (χ4n) is 2.58. The van der Waals surface area contributed by atoms with Gasteiger partial charge in [-0.05, 0) is 12.5 Å². The van der Waals surface area contributed by atoms with Gasteiger partial charge in [-0.25, -0.2) is 4.79 Å². The number of carbonyl (C=O) groups excluding carboxylic acids is 2. The summed E-state index contributed by atoms with van der Waals surface area (Å²) < 4.78 is 0. The van der Waals surface area contributed by atoms with Crippen molar-refractivity contribution in [3.05, 3.63) is 35.9 Å². The number of hydrogen-bond acceptors (Lipinski definition) is 3. The molecule has 1 N–H and O–H groups in total. The minimum atomic E-state index is -1.05. The second kappa shape index (κ2) is 6.60. The fourth-order valence-corrected chi connectivity index (χ4v) is 2.58. The number of carboxylic acids is 1. The van der Waals surface area contributed by atoms with Gasteiger partial charge in [0, 0.05) is 26.6 Å². The van der Waals surface area contributed by atoms with E-state index < -0.39 is 17.9 Å². The molecule has 118 valence electrons. The zero-order valence-electron chi connectivity index (χ0n) is 12.7. The fraction of sp³-hybridized carbons (Fsp3) is 0.438. The summed E-state index contributed by atoms with van der Waals surface area (Å²) >= 11 is 0. The van der Waals surface area contributed by atoms with Crippen LogP contribution >= 0.6 is 0 Å².